The van der Waals surface area contributed by atoms with Crippen molar-refractivity contribution in [1.29, 1.82) is 0 Å². The fourth-order valence-corrected chi connectivity index (χ4v) is 7.11. The molecular formula is C25H41N3O5. The van der Waals surface area contributed by atoms with Crippen molar-refractivity contribution in [2.24, 2.45) is 17.8 Å². The van der Waals surface area contributed by atoms with Crippen LogP contribution in [0.15, 0.2) is 0 Å². The number of aliphatic hydroxyl groups excluding tert-OH is 1. The van der Waals surface area contributed by atoms with Gasteiger partial charge in [-0.3, -0.25) is 14.4 Å². The van der Waals surface area contributed by atoms with Crippen LogP contribution >= 0.6 is 0 Å². The van der Waals surface area contributed by atoms with Gasteiger partial charge in [-0.2, -0.15) is 0 Å². The van der Waals surface area contributed by atoms with Crippen LogP contribution in [0.25, 0.3) is 0 Å². The molecule has 4 aliphatic rings. The van der Waals surface area contributed by atoms with E-state index in [0.717, 1.165) is 51.4 Å². The van der Waals surface area contributed by atoms with Gasteiger partial charge in [-0.1, -0.05) is 39.0 Å². The Morgan fingerprint density at radius 1 is 1.12 bits per heavy atom. The number of unbranched alkanes of at least 4 members (excludes halogenated alkanes) is 3. The van der Waals surface area contributed by atoms with Gasteiger partial charge in [0.15, 0.2) is 0 Å². The normalized spacial score (nSPS) is 37.9. The first kappa shape index (κ1) is 24.5. The summed E-state index contributed by atoms with van der Waals surface area (Å²) in [5.41, 5.74) is -1.71. The Kier molecular flexibility index (Phi) is 7.06. The summed E-state index contributed by atoms with van der Waals surface area (Å²) in [5, 5.41) is 15.0. The van der Waals surface area contributed by atoms with Crippen molar-refractivity contribution in [2.45, 2.75) is 101 Å². The lowest BCUT2D eigenvalue weighted by Gasteiger charge is -2.36. The smallest absolute Gasteiger partial charge is 0.246 e. The molecule has 1 spiro atoms. The zero-order chi connectivity index (χ0) is 23.8. The van der Waals surface area contributed by atoms with Gasteiger partial charge in [0, 0.05) is 26.2 Å². The van der Waals surface area contributed by atoms with E-state index in [1.165, 1.54) is 6.42 Å². The third-order valence-electron chi connectivity index (χ3n) is 8.85. The first-order valence-corrected chi connectivity index (χ1v) is 12.9. The summed E-state index contributed by atoms with van der Waals surface area (Å²) < 4.78 is 6.67. The predicted molar refractivity (Wildman–Crippen MR) is 123 cm³/mol. The SMILES string of the molecule is CNC(=O)[C@@H]1[C@H]2C(=O)N(CCCCCCO)C(C(=O)NC3CCCCC3)C23CC(C)[C@@]1(C)O3. The number of fused-ring (bicyclic) bond motifs is 1. The molecule has 0 aromatic carbocycles. The molecule has 3 amide bonds. The molecule has 3 aliphatic heterocycles. The Bertz CT molecular complexity index is 769. The molecule has 33 heavy (non-hydrogen) atoms. The molecule has 3 N–H and O–H groups in total. The molecule has 6 atom stereocenters. The van der Waals surface area contributed by atoms with E-state index >= 15 is 0 Å². The van der Waals surface area contributed by atoms with Crippen molar-refractivity contribution in [3.8, 4) is 0 Å². The quantitative estimate of drug-likeness (QED) is 0.452. The van der Waals surface area contributed by atoms with E-state index in [4.69, 9.17) is 9.84 Å². The second-order valence-corrected chi connectivity index (χ2v) is 10.8. The topological polar surface area (TPSA) is 108 Å². The Morgan fingerprint density at radius 3 is 2.48 bits per heavy atom. The number of hydrogen-bond acceptors (Lipinski definition) is 5. The molecule has 186 valence electrons. The van der Waals surface area contributed by atoms with E-state index in [-0.39, 0.29) is 36.3 Å². The fourth-order valence-electron chi connectivity index (χ4n) is 7.11. The highest BCUT2D eigenvalue weighted by atomic mass is 16.5. The highest BCUT2D eigenvalue weighted by Gasteiger charge is 2.79. The maximum absolute atomic E-state index is 13.8. The Labute approximate surface area is 197 Å². The molecule has 0 aromatic rings. The lowest BCUT2D eigenvalue weighted by Crippen LogP contribution is -2.57. The van der Waals surface area contributed by atoms with Crippen LogP contribution in [0.1, 0.15) is 78.1 Å². The third-order valence-corrected chi connectivity index (χ3v) is 8.85. The second kappa shape index (κ2) is 9.53. The van der Waals surface area contributed by atoms with Gasteiger partial charge < -0.3 is 25.4 Å². The minimum Gasteiger partial charge on any atom is -0.396 e. The minimum atomic E-state index is -0.952. The van der Waals surface area contributed by atoms with E-state index < -0.39 is 29.1 Å². The minimum absolute atomic E-state index is 0.0679. The van der Waals surface area contributed by atoms with Crippen LogP contribution in [0.2, 0.25) is 0 Å². The zero-order valence-corrected chi connectivity index (χ0v) is 20.4. The van der Waals surface area contributed by atoms with Crippen LogP contribution < -0.4 is 10.6 Å². The zero-order valence-electron chi connectivity index (χ0n) is 20.4. The molecule has 4 fully saturated rings. The summed E-state index contributed by atoms with van der Waals surface area (Å²) >= 11 is 0. The molecule has 3 saturated heterocycles. The maximum Gasteiger partial charge on any atom is 0.246 e. The Morgan fingerprint density at radius 2 is 1.82 bits per heavy atom. The van der Waals surface area contributed by atoms with Crippen molar-refractivity contribution in [1.82, 2.24) is 15.5 Å². The summed E-state index contributed by atoms with van der Waals surface area (Å²) in [4.78, 5) is 42.3. The molecule has 8 heteroatoms. The Balaban J connectivity index is 1.63. The summed E-state index contributed by atoms with van der Waals surface area (Å²) in [6, 6.07) is -0.557. The van der Waals surface area contributed by atoms with Gasteiger partial charge in [0.05, 0.1) is 17.4 Å². The van der Waals surface area contributed by atoms with Crippen LogP contribution in [0.4, 0.5) is 0 Å². The van der Waals surface area contributed by atoms with Crippen LogP contribution in [0, 0.1) is 17.8 Å². The molecule has 0 aromatic heterocycles. The van der Waals surface area contributed by atoms with Gasteiger partial charge in [0.1, 0.15) is 11.6 Å². The highest BCUT2D eigenvalue weighted by Crippen LogP contribution is 2.65. The van der Waals surface area contributed by atoms with Gasteiger partial charge in [-0.25, -0.2) is 0 Å². The van der Waals surface area contributed by atoms with Gasteiger partial charge in [0.2, 0.25) is 17.7 Å². The molecule has 1 aliphatic carbocycles. The van der Waals surface area contributed by atoms with Crippen molar-refractivity contribution in [3.05, 3.63) is 0 Å². The largest absolute Gasteiger partial charge is 0.396 e. The lowest BCUT2D eigenvalue weighted by atomic mass is 9.62. The number of nitrogens with one attached hydrogen (secondary N) is 2. The predicted octanol–water partition coefficient (Wildman–Crippen LogP) is 1.74. The first-order valence-electron chi connectivity index (χ1n) is 12.9. The number of nitrogens with zero attached hydrogens (tertiary/aromatic N) is 1. The van der Waals surface area contributed by atoms with Crippen LogP contribution in [0.3, 0.4) is 0 Å². The monoisotopic (exact) mass is 463 g/mol. The molecule has 8 nitrogen and oxygen atoms in total. The van der Waals surface area contributed by atoms with Crippen LogP contribution in [0.5, 0.6) is 0 Å². The Hall–Kier alpha value is -1.67. The number of ether oxygens (including phenoxy) is 1. The van der Waals surface area contributed by atoms with E-state index in [1.807, 2.05) is 6.92 Å². The lowest BCUT2D eigenvalue weighted by molar-refractivity contribution is -0.147. The summed E-state index contributed by atoms with van der Waals surface area (Å²) in [5.74, 6) is -1.58. The third kappa shape index (κ3) is 3.97. The number of likely N-dealkylation sites (tertiary alicyclic amines) is 1. The fraction of sp³-hybridized carbons (Fsp3) is 0.880. The summed E-state index contributed by atoms with van der Waals surface area (Å²) in [6.07, 6.45) is 9.25. The number of carbonyl (C=O) groups is 3. The molecule has 4 rings (SSSR count). The number of hydrogen-bond donors (Lipinski definition) is 3. The van der Waals surface area contributed by atoms with E-state index in [9.17, 15) is 14.4 Å². The van der Waals surface area contributed by atoms with Crippen molar-refractivity contribution < 1.29 is 24.2 Å². The molecular weight excluding hydrogens is 422 g/mol. The van der Waals surface area contributed by atoms with Crippen molar-refractivity contribution >= 4 is 17.7 Å². The van der Waals surface area contributed by atoms with Crippen molar-refractivity contribution in [2.75, 3.05) is 20.2 Å². The number of amides is 3. The standard InChI is InChI=1S/C25H41N3O5/c1-16-15-25-19(18(21(30)26-3)24(16,2)33-25)23(32)28(13-9-4-5-10-14-29)20(25)22(31)27-17-11-7-6-8-12-17/h16-20,29H,4-15H2,1-3H3,(H,26,30)(H,27,31)/t16?,18-,19-,20?,24+,25?/m0/s1. The van der Waals surface area contributed by atoms with Crippen molar-refractivity contribution in [3.63, 3.8) is 0 Å². The van der Waals surface area contributed by atoms with Crippen LogP contribution in [-0.4, -0.2) is 71.2 Å². The van der Waals surface area contributed by atoms with Gasteiger partial charge in [0.25, 0.3) is 0 Å². The average Bonchev–Trinajstić information content (AvgIpc) is 3.30. The summed E-state index contributed by atoms with van der Waals surface area (Å²) in [7, 11) is 1.60. The van der Waals surface area contributed by atoms with Gasteiger partial charge >= 0.3 is 0 Å². The summed E-state index contributed by atoms with van der Waals surface area (Å²) in [6.45, 7) is 4.64. The number of aliphatic hydroxyl groups is 1. The highest BCUT2D eigenvalue weighted by molar-refractivity contribution is 5.99. The van der Waals surface area contributed by atoms with E-state index in [0.29, 0.717) is 13.0 Å². The number of rotatable bonds is 9. The van der Waals surface area contributed by atoms with Crippen LogP contribution in [-0.2, 0) is 19.1 Å². The average molecular weight is 464 g/mol. The van der Waals surface area contributed by atoms with E-state index in [2.05, 4.69) is 17.6 Å². The van der Waals surface area contributed by atoms with Gasteiger partial charge in [-0.15, -0.1) is 0 Å². The molecule has 2 bridgehead atoms. The molecule has 0 radical (unpaired) electrons. The molecule has 3 unspecified atom stereocenters. The van der Waals surface area contributed by atoms with E-state index in [1.54, 1.807) is 11.9 Å². The molecule has 1 saturated carbocycles. The number of carbonyl (C=O) groups excluding carboxylic acids is 3. The second-order valence-electron chi connectivity index (χ2n) is 10.8. The van der Waals surface area contributed by atoms with Gasteiger partial charge in [-0.05, 0) is 44.9 Å². The maximum atomic E-state index is 13.8. The first-order chi connectivity index (χ1) is 15.8. The molecule has 3 heterocycles.